The third-order valence-corrected chi connectivity index (χ3v) is 4.95. The van der Waals surface area contributed by atoms with Gasteiger partial charge < -0.3 is 9.64 Å². The Morgan fingerprint density at radius 1 is 1.40 bits per heavy atom. The molecule has 0 N–H and O–H groups in total. The molecule has 1 atom stereocenters. The molecule has 15 heavy (non-hydrogen) atoms. The predicted molar refractivity (Wildman–Crippen MR) is 68.7 cm³/mol. The first-order valence-electron chi connectivity index (χ1n) is 5.97. The molecule has 0 radical (unpaired) electrons. The molecule has 0 saturated carbocycles. The van der Waals surface area contributed by atoms with Crippen LogP contribution in [0.4, 0.5) is 0 Å². The van der Waals surface area contributed by atoms with Gasteiger partial charge in [0.15, 0.2) is 0 Å². The Hall–Kier alpha value is 0.400. The summed E-state index contributed by atoms with van der Waals surface area (Å²) in [5.41, 5.74) is 0.441. The summed E-state index contributed by atoms with van der Waals surface area (Å²) in [5.74, 6) is 0. The van der Waals surface area contributed by atoms with Crippen LogP contribution in [0.2, 0.25) is 0 Å². The second-order valence-corrected chi connectivity index (χ2v) is 5.48. The molecule has 90 valence electrons. The lowest BCUT2D eigenvalue weighted by atomic mass is 9.81. The van der Waals surface area contributed by atoms with Crippen LogP contribution in [0.1, 0.15) is 33.1 Å². The Morgan fingerprint density at radius 2 is 2.00 bits per heavy atom. The Kier molecular flexibility index (Phi) is 5.58. The van der Waals surface area contributed by atoms with E-state index in [4.69, 9.17) is 4.74 Å². The maximum absolute atomic E-state index is 5.46. The first-order valence-corrected chi connectivity index (χ1v) is 7.09. The molecule has 1 aliphatic heterocycles. The fourth-order valence-corrected chi connectivity index (χ4v) is 2.87. The van der Waals surface area contributed by atoms with E-state index in [-0.39, 0.29) is 0 Å². The summed E-state index contributed by atoms with van der Waals surface area (Å²) >= 11 is 3.69. The molecular weight excluding hydrogens is 254 g/mol. The van der Waals surface area contributed by atoms with Crippen molar-refractivity contribution in [2.75, 3.05) is 32.1 Å². The monoisotopic (exact) mass is 277 g/mol. The molecule has 0 aromatic rings. The maximum atomic E-state index is 5.46. The summed E-state index contributed by atoms with van der Waals surface area (Å²) in [6.07, 6.45) is 3.61. The van der Waals surface area contributed by atoms with Crippen molar-refractivity contribution in [3.63, 3.8) is 0 Å². The number of nitrogens with zero attached hydrogens (tertiary/aromatic N) is 1. The highest BCUT2D eigenvalue weighted by Crippen LogP contribution is 2.33. The largest absolute Gasteiger partial charge is 0.381 e. The first kappa shape index (κ1) is 13.5. The minimum atomic E-state index is 0.441. The molecule has 1 unspecified atom stereocenters. The molecule has 1 heterocycles. The highest BCUT2D eigenvalue weighted by molar-refractivity contribution is 9.09. The zero-order chi connectivity index (χ0) is 11.3. The number of ether oxygens (including phenoxy) is 1. The van der Waals surface area contributed by atoms with E-state index in [2.05, 4.69) is 41.7 Å². The minimum absolute atomic E-state index is 0.441. The topological polar surface area (TPSA) is 12.5 Å². The van der Waals surface area contributed by atoms with E-state index >= 15 is 0 Å². The fourth-order valence-electron chi connectivity index (χ4n) is 2.13. The van der Waals surface area contributed by atoms with Crippen LogP contribution in [0.25, 0.3) is 0 Å². The summed E-state index contributed by atoms with van der Waals surface area (Å²) < 4.78 is 5.46. The van der Waals surface area contributed by atoms with Crippen molar-refractivity contribution in [1.29, 1.82) is 0 Å². The van der Waals surface area contributed by atoms with Crippen molar-refractivity contribution in [2.45, 2.75) is 39.2 Å². The van der Waals surface area contributed by atoms with E-state index in [1.54, 1.807) is 0 Å². The van der Waals surface area contributed by atoms with E-state index in [1.165, 1.54) is 25.8 Å². The molecule has 2 nitrogen and oxygen atoms in total. The molecule has 1 aliphatic rings. The maximum Gasteiger partial charge on any atom is 0.0472 e. The lowest BCUT2D eigenvalue weighted by Gasteiger charge is -2.40. The summed E-state index contributed by atoms with van der Waals surface area (Å²) in [4.78, 5) is 2.49. The molecule has 0 bridgehead atoms. The molecule has 0 amide bonds. The standard InChI is InChI=1S/C12H24BrNO/c1-4-11(2)14(3)10-12(9-13)5-7-15-8-6-12/h11H,4-10H2,1-3H3. The second-order valence-electron chi connectivity index (χ2n) is 4.92. The number of alkyl halides is 1. The van der Waals surface area contributed by atoms with Gasteiger partial charge in [-0.25, -0.2) is 0 Å². The number of rotatable bonds is 5. The molecule has 0 aromatic carbocycles. The van der Waals surface area contributed by atoms with Crippen molar-refractivity contribution < 1.29 is 4.74 Å². The summed E-state index contributed by atoms with van der Waals surface area (Å²) in [5, 5.41) is 1.10. The van der Waals surface area contributed by atoms with Crippen LogP contribution < -0.4 is 0 Å². The summed E-state index contributed by atoms with van der Waals surface area (Å²) in [6, 6.07) is 0.684. The van der Waals surface area contributed by atoms with Crippen LogP contribution >= 0.6 is 15.9 Å². The molecule has 1 rings (SSSR count). The van der Waals surface area contributed by atoms with E-state index in [1.807, 2.05) is 0 Å². The Labute approximate surface area is 102 Å². The van der Waals surface area contributed by atoms with Gasteiger partial charge in [-0.3, -0.25) is 0 Å². The first-order chi connectivity index (χ1) is 7.13. The van der Waals surface area contributed by atoms with Crippen LogP contribution in [-0.2, 0) is 4.74 Å². The van der Waals surface area contributed by atoms with Crippen molar-refractivity contribution in [1.82, 2.24) is 4.90 Å². The second kappa shape index (κ2) is 6.21. The Balaban J connectivity index is 2.51. The minimum Gasteiger partial charge on any atom is -0.381 e. The molecule has 3 heteroatoms. The van der Waals surface area contributed by atoms with E-state index in [0.717, 1.165) is 18.5 Å². The lowest BCUT2D eigenvalue weighted by Crippen LogP contribution is -2.44. The third-order valence-electron chi connectivity index (χ3n) is 3.77. The van der Waals surface area contributed by atoms with Gasteiger partial charge in [-0.2, -0.15) is 0 Å². The van der Waals surface area contributed by atoms with Crippen molar-refractivity contribution in [3.8, 4) is 0 Å². The molecular formula is C12H24BrNO. The molecule has 1 fully saturated rings. The highest BCUT2D eigenvalue weighted by Gasteiger charge is 2.33. The Bertz CT molecular complexity index is 180. The van der Waals surface area contributed by atoms with Crippen molar-refractivity contribution in [2.24, 2.45) is 5.41 Å². The van der Waals surface area contributed by atoms with Gasteiger partial charge >= 0.3 is 0 Å². The zero-order valence-corrected chi connectivity index (χ0v) is 11.8. The van der Waals surface area contributed by atoms with Gasteiger partial charge in [0.2, 0.25) is 0 Å². The smallest absolute Gasteiger partial charge is 0.0472 e. The van der Waals surface area contributed by atoms with Crippen molar-refractivity contribution in [3.05, 3.63) is 0 Å². The molecule has 0 aromatic heterocycles. The normalized spacial score (nSPS) is 23.0. The van der Waals surface area contributed by atoms with Gasteiger partial charge in [0.25, 0.3) is 0 Å². The van der Waals surface area contributed by atoms with Crippen LogP contribution in [0.15, 0.2) is 0 Å². The molecule has 0 spiro atoms. The van der Waals surface area contributed by atoms with E-state index < -0.39 is 0 Å². The Morgan fingerprint density at radius 3 is 2.47 bits per heavy atom. The van der Waals surface area contributed by atoms with Crippen LogP contribution in [0.3, 0.4) is 0 Å². The number of halogens is 1. The number of hydrogen-bond donors (Lipinski definition) is 0. The highest BCUT2D eigenvalue weighted by atomic mass is 79.9. The van der Waals surface area contributed by atoms with Gasteiger partial charge in [-0.05, 0) is 38.6 Å². The fraction of sp³-hybridized carbons (Fsp3) is 1.00. The van der Waals surface area contributed by atoms with Crippen LogP contribution in [-0.4, -0.2) is 43.1 Å². The predicted octanol–water partition coefficient (Wildman–Crippen LogP) is 2.91. The van der Waals surface area contributed by atoms with Gasteiger partial charge in [0.05, 0.1) is 0 Å². The zero-order valence-electron chi connectivity index (χ0n) is 10.3. The quantitative estimate of drug-likeness (QED) is 0.717. The third kappa shape index (κ3) is 3.72. The van der Waals surface area contributed by atoms with Crippen LogP contribution in [0, 0.1) is 5.41 Å². The van der Waals surface area contributed by atoms with Gasteiger partial charge in [0, 0.05) is 31.1 Å². The van der Waals surface area contributed by atoms with E-state index in [0.29, 0.717) is 11.5 Å². The van der Waals surface area contributed by atoms with Gasteiger partial charge in [-0.15, -0.1) is 0 Å². The SMILES string of the molecule is CCC(C)N(C)CC1(CBr)CCOCC1. The van der Waals surface area contributed by atoms with Gasteiger partial charge in [-0.1, -0.05) is 22.9 Å². The molecule has 1 saturated heterocycles. The average Bonchev–Trinajstić information content (AvgIpc) is 2.29. The van der Waals surface area contributed by atoms with Gasteiger partial charge in [0.1, 0.15) is 0 Å². The van der Waals surface area contributed by atoms with E-state index in [9.17, 15) is 0 Å². The van der Waals surface area contributed by atoms with Crippen LogP contribution in [0.5, 0.6) is 0 Å². The van der Waals surface area contributed by atoms with Crippen molar-refractivity contribution >= 4 is 15.9 Å². The molecule has 0 aliphatic carbocycles. The summed E-state index contributed by atoms with van der Waals surface area (Å²) in [6.45, 7) is 7.61. The average molecular weight is 278 g/mol. The number of hydrogen-bond acceptors (Lipinski definition) is 2. The summed E-state index contributed by atoms with van der Waals surface area (Å²) in [7, 11) is 2.24. The lowest BCUT2D eigenvalue weighted by molar-refractivity contribution is 0.00669.